The van der Waals surface area contributed by atoms with Crippen molar-refractivity contribution in [3.63, 3.8) is 0 Å². The number of hydrogen-bond donors (Lipinski definition) is 0. The highest BCUT2D eigenvalue weighted by Gasteiger charge is 2.19. The Bertz CT molecular complexity index is 1290. The lowest BCUT2D eigenvalue weighted by atomic mass is 10.2. The fourth-order valence-corrected chi connectivity index (χ4v) is 4.46. The van der Waals surface area contributed by atoms with Crippen molar-refractivity contribution in [1.29, 1.82) is 0 Å². The topological polar surface area (TPSA) is 95.7 Å². The van der Waals surface area contributed by atoms with Crippen LogP contribution >= 0.6 is 11.3 Å². The maximum absolute atomic E-state index is 13.2. The van der Waals surface area contributed by atoms with Gasteiger partial charge in [0.25, 0.3) is 5.56 Å². The van der Waals surface area contributed by atoms with Gasteiger partial charge in [0.05, 0.1) is 36.8 Å². The first-order chi connectivity index (χ1) is 16.0. The minimum Gasteiger partial charge on any atom is -0.463 e. The summed E-state index contributed by atoms with van der Waals surface area (Å²) in [5.74, 6) is -0.740. The fourth-order valence-electron chi connectivity index (χ4n) is 3.43. The fraction of sp³-hybridized carbons (Fsp3) is 0.304. The highest BCUT2D eigenvalue weighted by Crippen LogP contribution is 2.09. The largest absolute Gasteiger partial charge is 0.463 e. The van der Waals surface area contributed by atoms with Crippen molar-refractivity contribution in [2.75, 3.05) is 32.9 Å². The first kappa shape index (κ1) is 22.7. The van der Waals surface area contributed by atoms with Crippen molar-refractivity contribution >= 4 is 35.4 Å². The molecule has 3 heterocycles. The van der Waals surface area contributed by atoms with E-state index in [4.69, 9.17) is 9.47 Å². The summed E-state index contributed by atoms with van der Waals surface area (Å²) in [6.45, 7) is 3.70. The Hall–Kier alpha value is -3.50. The minimum atomic E-state index is -0.553. The second kappa shape index (κ2) is 10.4. The third-order valence-corrected chi connectivity index (χ3v) is 6.17. The van der Waals surface area contributed by atoms with Gasteiger partial charge in [-0.1, -0.05) is 12.1 Å². The molecule has 3 aromatic rings. The van der Waals surface area contributed by atoms with E-state index in [2.05, 4.69) is 4.98 Å². The van der Waals surface area contributed by atoms with E-state index >= 15 is 0 Å². The van der Waals surface area contributed by atoms with Gasteiger partial charge < -0.3 is 18.9 Å². The predicted molar refractivity (Wildman–Crippen MR) is 123 cm³/mol. The Labute approximate surface area is 193 Å². The van der Waals surface area contributed by atoms with E-state index in [9.17, 15) is 14.4 Å². The third-order valence-electron chi connectivity index (χ3n) is 5.11. The van der Waals surface area contributed by atoms with Gasteiger partial charge in [-0.15, -0.1) is 11.3 Å². The number of benzene rings is 1. The number of amides is 1. The zero-order valence-electron chi connectivity index (χ0n) is 18.2. The van der Waals surface area contributed by atoms with Crippen molar-refractivity contribution in [3.05, 3.63) is 68.1 Å². The molecule has 0 atom stereocenters. The van der Waals surface area contributed by atoms with Crippen molar-refractivity contribution in [3.8, 4) is 5.69 Å². The molecule has 1 amide bonds. The van der Waals surface area contributed by atoms with E-state index in [1.807, 2.05) is 35.0 Å². The van der Waals surface area contributed by atoms with Crippen molar-refractivity contribution in [1.82, 2.24) is 19.0 Å². The Morgan fingerprint density at radius 2 is 1.97 bits per heavy atom. The molecule has 0 radical (unpaired) electrons. The molecule has 1 saturated heterocycles. The summed E-state index contributed by atoms with van der Waals surface area (Å²) in [6.07, 6.45) is 8.28. The van der Waals surface area contributed by atoms with Crippen LogP contribution in [0.2, 0.25) is 0 Å². The second-order valence-corrected chi connectivity index (χ2v) is 8.35. The van der Waals surface area contributed by atoms with Gasteiger partial charge in [0.1, 0.15) is 11.2 Å². The number of esters is 1. The monoisotopic (exact) mass is 468 g/mol. The number of carbonyl (C=O) groups is 2. The van der Waals surface area contributed by atoms with Gasteiger partial charge in [-0.2, -0.15) is 0 Å². The molecular formula is C23H24N4O5S. The summed E-state index contributed by atoms with van der Waals surface area (Å²) in [7, 11) is 0. The van der Waals surface area contributed by atoms with Crippen LogP contribution in [-0.4, -0.2) is 63.8 Å². The molecule has 0 saturated carbocycles. The van der Waals surface area contributed by atoms with Crippen LogP contribution in [0.25, 0.3) is 17.8 Å². The molecular weight excluding hydrogens is 444 g/mol. The van der Waals surface area contributed by atoms with Crippen LogP contribution in [0, 0.1) is 0 Å². The standard InChI is InChI=1S/C23H24N4O5S/c1-2-32-22(29)14-21-27(15-20(28)25-9-11-31-12-10-25)23(30)19(33-21)13-17-3-5-18(6-4-17)26-8-7-24-16-26/h3-8,13-14,16H,2,9-12,15H2,1H3. The number of carbonyl (C=O) groups excluding carboxylic acids is 2. The van der Waals surface area contributed by atoms with Crippen molar-refractivity contribution < 1.29 is 19.1 Å². The Kier molecular flexibility index (Phi) is 7.16. The summed E-state index contributed by atoms with van der Waals surface area (Å²) in [5.41, 5.74) is 1.45. The summed E-state index contributed by atoms with van der Waals surface area (Å²) in [5, 5.41) is 0. The first-order valence-electron chi connectivity index (χ1n) is 10.6. The number of morpholine rings is 1. The Morgan fingerprint density at radius 1 is 1.21 bits per heavy atom. The number of thiazole rings is 1. The highest BCUT2D eigenvalue weighted by atomic mass is 32.1. The highest BCUT2D eigenvalue weighted by molar-refractivity contribution is 7.07. The van der Waals surface area contributed by atoms with E-state index in [0.717, 1.165) is 22.6 Å². The van der Waals surface area contributed by atoms with Gasteiger partial charge in [-0.25, -0.2) is 9.78 Å². The molecule has 172 valence electrons. The van der Waals surface area contributed by atoms with Crippen LogP contribution in [0.5, 0.6) is 0 Å². The second-order valence-electron chi connectivity index (χ2n) is 7.29. The smallest absolute Gasteiger partial charge is 0.333 e. The Balaban J connectivity index is 1.69. The van der Waals surface area contributed by atoms with E-state index in [1.165, 1.54) is 10.6 Å². The van der Waals surface area contributed by atoms with Gasteiger partial charge in [0, 0.05) is 31.2 Å². The van der Waals surface area contributed by atoms with Crippen LogP contribution in [0.4, 0.5) is 0 Å². The molecule has 0 N–H and O–H groups in total. The molecule has 0 aliphatic carbocycles. The SMILES string of the molecule is CCOC(=O)C=c1sc(=Cc2ccc(-n3ccnc3)cc2)c(=O)n1CC(=O)N1CCOCC1. The lowest BCUT2D eigenvalue weighted by molar-refractivity contribution is -0.136. The lowest BCUT2D eigenvalue weighted by Gasteiger charge is -2.26. The Morgan fingerprint density at radius 3 is 2.64 bits per heavy atom. The molecule has 0 unspecified atom stereocenters. The molecule has 10 heteroatoms. The summed E-state index contributed by atoms with van der Waals surface area (Å²) in [4.78, 5) is 43.7. The average molecular weight is 469 g/mol. The molecule has 1 aliphatic heterocycles. The first-order valence-corrected chi connectivity index (χ1v) is 11.4. The average Bonchev–Trinajstić information content (AvgIpc) is 3.45. The molecule has 1 aliphatic rings. The molecule has 0 bridgehead atoms. The van der Waals surface area contributed by atoms with Crippen LogP contribution in [0.15, 0.2) is 47.8 Å². The van der Waals surface area contributed by atoms with E-state index in [-0.39, 0.29) is 24.6 Å². The predicted octanol–water partition coefficient (Wildman–Crippen LogP) is 0.127. The van der Waals surface area contributed by atoms with Gasteiger partial charge in [0.15, 0.2) is 0 Å². The summed E-state index contributed by atoms with van der Waals surface area (Å²) >= 11 is 1.15. The molecule has 1 aromatic carbocycles. The number of ether oxygens (including phenoxy) is 2. The van der Waals surface area contributed by atoms with Crippen molar-refractivity contribution in [2.45, 2.75) is 13.5 Å². The lowest BCUT2D eigenvalue weighted by Crippen LogP contribution is -2.45. The van der Waals surface area contributed by atoms with E-state index in [1.54, 1.807) is 30.4 Å². The molecule has 2 aromatic heterocycles. The van der Waals surface area contributed by atoms with Gasteiger partial charge in [-0.3, -0.25) is 14.2 Å². The normalized spacial score (nSPS) is 15.1. The van der Waals surface area contributed by atoms with Crippen LogP contribution in [-0.2, 0) is 25.6 Å². The maximum atomic E-state index is 13.2. The molecule has 9 nitrogen and oxygen atoms in total. The number of aromatic nitrogens is 3. The summed E-state index contributed by atoms with van der Waals surface area (Å²) in [6, 6.07) is 7.64. The zero-order valence-corrected chi connectivity index (χ0v) is 19.0. The third kappa shape index (κ3) is 5.47. The zero-order chi connectivity index (χ0) is 23.2. The van der Waals surface area contributed by atoms with E-state index in [0.29, 0.717) is 35.5 Å². The van der Waals surface area contributed by atoms with Crippen molar-refractivity contribution in [2.24, 2.45) is 0 Å². The minimum absolute atomic E-state index is 0.145. The van der Waals surface area contributed by atoms with E-state index < -0.39 is 5.97 Å². The number of imidazole rings is 1. The number of nitrogens with zero attached hydrogens (tertiary/aromatic N) is 4. The maximum Gasteiger partial charge on any atom is 0.333 e. The van der Waals surface area contributed by atoms with Crippen LogP contribution in [0.1, 0.15) is 12.5 Å². The molecule has 4 rings (SSSR count). The van der Waals surface area contributed by atoms with Crippen LogP contribution in [0.3, 0.4) is 0 Å². The number of hydrogen-bond acceptors (Lipinski definition) is 7. The molecule has 1 fully saturated rings. The molecule has 33 heavy (non-hydrogen) atoms. The van der Waals surface area contributed by atoms with Gasteiger partial charge in [0.2, 0.25) is 5.91 Å². The van der Waals surface area contributed by atoms with Crippen LogP contribution < -0.4 is 14.8 Å². The summed E-state index contributed by atoms with van der Waals surface area (Å²) < 4.78 is 14.3. The van der Waals surface area contributed by atoms with Gasteiger partial charge in [-0.05, 0) is 30.7 Å². The van der Waals surface area contributed by atoms with Gasteiger partial charge >= 0.3 is 5.97 Å². The molecule has 0 spiro atoms. The quantitative estimate of drug-likeness (QED) is 0.477. The number of rotatable bonds is 6.